The monoisotopic (exact) mass is 558 g/mol. The summed E-state index contributed by atoms with van der Waals surface area (Å²) in [6.45, 7) is 3.15. The number of methoxy groups -OCH3 is 2. The van der Waals surface area contributed by atoms with Crippen molar-refractivity contribution in [1.82, 2.24) is 15.0 Å². The molecule has 9 nitrogen and oxygen atoms in total. The number of fused-ring (bicyclic) bond motifs is 1. The normalized spacial score (nSPS) is 10.9. The summed E-state index contributed by atoms with van der Waals surface area (Å²) >= 11 is 0. The van der Waals surface area contributed by atoms with Gasteiger partial charge in [0, 0.05) is 41.8 Å². The number of carbonyl (C=O) groups excluding carboxylic acids is 1. The van der Waals surface area contributed by atoms with Crippen molar-refractivity contribution in [3.05, 3.63) is 89.4 Å². The zero-order valence-electron chi connectivity index (χ0n) is 22.5. The van der Waals surface area contributed by atoms with Crippen LogP contribution in [0.4, 0.5) is 14.5 Å². The van der Waals surface area contributed by atoms with Gasteiger partial charge < -0.3 is 24.6 Å². The van der Waals surface area contributed by atoms with Gasteiger partial charge in [-0.2, -0.15) is 0 Å². The minimum Gasteiger partial charge on any atom is -0.506 e. The van der Waals surface area contributed by atoms with Crippen molar-refractivity contribution < 1.29 is 32.9 Å². The van der Waals surface area contributed by atoms with Gasteiger partial charge in [-0.3, -0.25) is 14.8 Å². The molecule has 41 heavy (non-hydrogen) atoms. The number of nitrogens with one attached hydrogen (secondary N) is 1. The summed E-state index contributed by atoms with van der Waals surface area (Å²) in [7, 11) is 2.92. The standard InChI is InChI=1S/C30H24F2N4O5/c1-15-11-17(5-7-20(15)31)19-14-34-16(2)26(28(19)37)29(38)35-18-6-8-23(21(32)12-18)41-24-9-10-33-22-13-25(39-3)30(40-4)36-27(22)24/h5-14H,1-4H3,(H,34,37)(H,35,38). The minimum absolute atomic E-state index is 0.0936. The highest BCUT2D eigenvalue weighted by molar-refractivity contribution is 6.08. The van der Waals surface area contributed by atoms with Crippen LogP contribution in [-0.2, 0) is 0 Å². The predicted octanol–water partition coefficient (Wildman–Crippen LogP) is 6.35. The lowest BCUT2D eigenvalue weighted by Gasteiger charge is -2.14. The number of aromatic nitrogens is 3. The molecule has 2 N–H and O–H groups in total. The summed E-state index contributed by atoms with van der Waals surface area (Å²) in [6.07, 6.45) is 2.89. The third kappa shape index (κ3) is 5.29. The van der Waals surface area contributed by atoms with E-state index in [-0.39, 0.29) is 45.6 Å². The Morgan fingerprint density at radius 3 is 2.41 bits per heavy atom. The third-order valence-corrected chi connectivity index (χ3v) is 6.37. The van der Waals surface area contributed by atoms with Crippen molar-refractivity contribution in [2.45, 2.75) is 13.8 Å². The smallest absolute Gasteiger partial charge is 0.261 e. The van der Waals surface area contributed by atoms with E-state index >= 15 is 4.39 Å². The molecular formula is C30H24F2N4O5. The van der Waals surface area contributed by atoms with Crippen LogP contribution in [0.25, 0.3) is 22.2 Å². The van der Waals surface area contributed by atoms with Crippen LogP contribution >= 0.6 is 0 Å². The number of ether oxygens (including phenoxy) is 3. The highest BCUT2D eigenvalue weighted by atomic mass is 19.1. The second-order valence-corrected chi connectivity index (χ2v) is 9.02. The molecule has 0 saturated heterocycles. The minimum atomic E-state index is -0.761. The molecule has 0 aliphatic rings. The van der Waals surface area contributed by atoms with Crippen LogP contribution in [0, 0.1) is 25.5 Å². The number of carbonyl (C=O) groups is 1. The van der Waals surface area contributed by atoms with Gasteiger partial charge in [-0.05, 0) is 49.2 Å². The SMILES string of the molecule is COc1cc2nccc(Oc3ccc(NC(=O)c4c(C)ncc(-c5ccc(F)c(C)c5)c4O)cc3F)c2nc1OC. The molecule has 0 spiro atoms. The fourth-order valence-corrected chi connectivity index (χ4v) is 4.25. The lowest BCUT2D eigenvalue weighted by atomic mass is 10.0. The van der Waals surface area contributed by atoms with Crippen molar-refractivity contribution >= 4 is 22.6 Å². The zero-order chi connectivity index (χ0) is 29.3. The van der Waals surface area contributed by atoms with E-state index in [0.29, 0.717) is 27.9 Å². The van der Waals surface area contributed by atoms with E-state index < -0.39 is 17.5 Å². The van der Waals surface area contributed by atoms with Gasteiger partial charge in [-0.25, -0.2) is 13.8 Å². The Balaban J connectivity index is 1.40. The average molecular weight is 559 g/mol. The molecular weight excluding hydrogens is 534 g/mol. The molecule has 0 unspecified atom stereocenters. The number of anilines is 1. The Morgan fingerprint density at radius 1 is 0.902 bits per heavy atom. The molecule has 0 aliphatic carbocycles. The highest BCUT2D eigenvalue weighted by Crippen LogP contribution is 2.36. The van der Waals surface area contributed by atoms with Gasteiger partial charge in [0.2, 0.25) is 0 Å². The van der Waals surface area contributed by atoms with E-state index in [1.165, 1.54) is 56.9 Å². The lowest BCUT2D eigenvalue weighted by molar-refractivity contribution is 0.102. The van der Waals surface area contributed by atoms with Gasteiger partial charge in [-0.1, -0.05) is 6.07 Å². The zero-order valence-corrected chi connectivity index (χ0v) is 22.5. The fraction of sp³-hybridized carbons (Fsp3) is 0.133. The number of aryl methyl sites for hydroxylation is 2. The van der Waals surface area contributed by atoms with E-state index in [1.807, 2.05) is 0 Å². The Bertz CT molecular complexity index is 1810. The number of hydrogen-bond acceptors (Lipinski definition) is 8. The Morgan fingerprint density at radius 2 is 1.71 bits per heavy atom. The van der Waals surface area contributed by atoms with E-state index in [4.69, 9.17) is 14.2 Å². The molecule has 0 fully saturated rings. The Hall–Kier alpha value is -5.32. The number of halogens is 2. The van der Waals surface area contributed by atoms with Crippen molar-refractivity contribution in [1.29, 1.82) is 0 Å². The first-order valence-corrected chi connectivity index (χ1v) is 12.3. The highest BCUT2D eigenvalue weighted by Gasteiger charge is 2.21. The first-order chi connectivity index (χ1) is 19.7. The Labute approximate surface area is 233 Å². The molecule has 0 radical (unpaired) electrons. The van der Waals surface area contributed by atoms with Crippen molar-refractivity contribution in [3.63, 3.8) is 0 Å². The number of rotatable bonds is 7. The fourth-order valence-electron chi connectivity index (χ4n) is 4.25. The molecule has 208 valence electrons. The summed E-state index contributed by atoms with van der Waals surface area (Å²) in [5, 5.41) is 13.5. The van der Waals surface area contributed by atoms with Crippen LogP contribution in [0.2, 0.25) is 0 Å². The molecule has 1 amide bonds. The van der Waals surface area contributed by atoms with E-state index in [0.717, 1.165) is 6.07 Å². The number of benzene rings is 2. The van der Waals surface area contributed by atoms with Gasteiger partial charge in [0.1, 0.15) is 22.6 Å². The molecule has 0 atom stereocenters. The maximum Gasteiger partial charge on any atom is 0.261 e. The number of amides is 1. The molecule has 11 heteroatoms. The topological polar surface area (TPSA) is 116 Å². The summed E-state index contributed by atoms with van der Waals surface area (Å²) in [6, 6.07) is 11.3. The van der Waals surface area contributed by atoms with Crippen LogP contribution in [0.3, 0.4) is 0 Å². The molecule has 0 aliphatic heterocycles. The summed E-state index contributed by atoms with van der Waals surface area (Å²) in [4.78, 5) is 26.0. The van der Waals surface area contributed by atoms with Crippen LogP contribution < -0.4 is 19.5 Å². The molecule has 0 saturated carbocycles. The molecule has 2 aromatic carbocycles. The molecule has 5 rings (SSSR count). The van der Waals surface area contributed by atoms with Gasteiger partial charge in [0.15, 0.2) is 23.1 Å². The predicted molar refractivity (Wildman–Crippen MR) is 148 cm³/mol. The van der Waals surface area contributed by atoms with Gasteiger partial charge in [-0.15, -0.1) is 0 Å². The largest absolute Gasteiger partial charge is 0.506 e. The maximum absolute atomic E-state index is 15.1. The number of aromatic hydroxyl groups is 1. The first kappa shape index (κ1) is 27.3. The molecule has 3 heterocycles. The van der Waals surface area contributed by atoms with Crippen LogP contribution in [0.1, 0.15) is 21.6 Å². The first-order valence-electron chi connectivity index (χ1n) is 12.3. The van der Waals surface area contributed by atoms with E-state index in [1.54, 1.807) is 26.0 Å². The van der Waals surface area contributed by atoms with Crippen molar-refractivity contribution in [2.75, 3.05) is 19.5 Å². The second kappa shape index (κ2) is 11.0. The number of hydrogen-bond donors (Lipinski definition) is 2. The van der Waals surface area contributed by atoms with E-state index in [2.05, 4.69) is 20.3 Å². The summed E-state index contributed by atoms with van der Waals surface area (Å²) in [5.74, 6) is -1.49. The quantitative estimate of drug-likeness (QED) is 0.237. The van der Waals surface area contributed by atoms with Crippen molar-refractivity contribution in [2.24, 2.45) is 0 Å². The van der Waals surface area contributed by atoms with E-state index in [9.17, 15) is 14.3 Å². The summed E-state index contributed by atoms with van der Waals surface area (Å²) < 4.78 is 45.2. The lowest BCUT2D eigenvalue weighted by Crippen LogP contribution is -2.15. The third-order valence-electron chi connectivity index (χ3n) is 6.37. The average Bonchev–Trinajstić information content (AvgIpc) is 2.95. The number of pyridine rings is 3. The van der Waals surface area contributed by atoms with Gasteiger partial charge in [0.25, 0.3) is 11.8 Å². The maximum atomic E-state index is 15.1. The second-order valence-electron chi connectivity index (χ2n) is 9.02. The van der Waals surface area contributed by atoms with Crippen molar-refractivity contribution in [3.8, 4) is 40.0 Å². The number of nitrogens with zero attached hydrogens (tertiary/aromatic N) is 3. The summed E-state index contributed by atoms with van der Waals surface area (Å²) in [5.41, 5.74) is 2.18. The Kier molecular flexibility index (Phi) is 7.34. The van der Waals surface area contributed by atoms with Crippen LogP contribution in [-0.4, -0.2) is 40.2 Å². The van der Waals surface area contributed by atoms with Crippen LogP contribution in [0.5, 0.6) is 28.9 Å². The molecule has 0 bridgehead atoms. The van der Waals surface area contributed by atoms with Gasteiger partial charge in [0.05, 0.1) is 25.4 Å². The molecule has 5 aromatic rings. The van der Waals surface area contributed by atoms with Crippen LogP contribution in [0.15, 0.2) is 60.9 Å². The van der Waals surface area contributed by atoms with Gasteiger partial charge >= 0.3 is 0 Å². The molecule has 3 aromatic heterocycles.